The highest BCUT2D eigenvalue weighted by Crippen LogP contribution is 2.32. The molecule has 2 atom stereocenters. The van der Waals surface area contributed by atoms with Gasteiger partial charge < -0.3 is 15.2 Å². The van der Waals surface area contributed by atoms with Crippen molar-refractivity contribution in [2.24, 2.45) is 0 Å². The average Bonchev–Trinajstić information content (AvgIpc) is 2.98. The number of nitrogens with one attached hydrogen (secondary N) is 1. The van der Waals surface area contributed by atoms with E-state index in [1.54, 1.807) is 31.2 Å². The third-order valence-corrected chi connectivity index (χ3v) is 4.86. The summed E-state index contributed by atoms with van der Waals surface area (Å²) in [5.74, 6) is -0.493. The molecule has 2 N–H and O–H groups in total. The van der Waals surface area contributed by atoms with Crippen molar-refractivity contribution in [3.63, 3.8) is 0 Å². The zero-order chi connectivity index (χ0) is 21.0. The van der Waals surface area contributed by atoms with Gasteiger partial charge in [0.05, 0.1) is 18.2 Å². The predicted molar refractivity (Wildman–Crippen MR) is 101 cm³/mol. The maximum absolute atomic E-state index is 13.2. The summed E-state index contributed by atoms with van der Waals surface area (Å²) in [6.45, 7) is 1.36. The van der Waals surface area contributed by atoms with E-state index in [1.165, 1.54) is 24.3 Å². The molecule has 0 bridgehead atoms. The number of β-amino-alcohol motifs (C(OH)–C–C–N with tert-alkyl or cyclic N) is 1. The number of hydrogen-bond acceptors (Lipinski definition) is 5. The maximum Gasteiger partial charge on any atom is 0.325 e. The van der Waals surface area contributed by atoms with Crippen LogP contribution in [0.3, 0.4) is 0 Å². The van der Waals surface area contributed by atoms with E-state index in [0.29, 0.717) is 16.9 Å². The van der Waals surface area contributed by atoms with Gasteiger partial charge in [-0.15, -0.1) is 0 Å². The van der Waals surface area contributed by atoms with E-state index < -0.39 is 29.4 Å². The number of ether oxygens (including phenoxy) is 1. The number of amides is 3. The third kappa shape index (κ3) is 4.05. The van der Waals surface area contributed by atoms with E-state index >= 15 is 0 Å². The molecule has 0 aromatic heterocycles. The molecule has 3 amide bonds. The van der Waals surface area contributed by atoms with Gasteiger partial charge >= 0.3 is 6.03 Å². The third-order valence-electron chi connectivity index (χ3n) is 4.86. The van der Waals surface area contributed by atoms with Crippen LogP contribution in [0.1, 0.15) is 24.5 Å². The van der Waals surface area contributed by atoms with Crippen molar-refractivity contribution in [2.75, 3.05) is 13.2 Å². The van der Waals surface area contributed by atoms with Crippen LogP contribution >= 0.6 is 0 Å². The van der Waals surface area contributed by atoms with Crippen LogP contribution in [-0.4, -0.2) is 41.2 Å². The van der Waals surface area contributed by atoms with Crippen molar-refractivity contribution < 1.29 is 23.8 Å². The normalized spacial score (nSPS) is 19.6. The number of aliphatic hydroxyl groups excluding tert-OH is 1. The first-order valence-corrected chi connectivity index (χ1v) is 9.11. The van der Waals surface area contributed by atoms with Gasteiger partial charge in [0.1, 0.15) is 29.8 Å². The fourth-order valence-corrected chi connectivity index (χ4v) is 3.25. The molecule has 0 spiro atoms. The van der Waals surface area contributed by atoms with Gasteiger partial charge in [-0.3, -0.25) is 9.69 Å². The van der Waals surface area contributed by atoms with Gasteiger partial charge in [-0.2, -0.15) is 5.26 Å². The Morgan fingerprint density at radius 2 is 1.86 bits per heavy atom. The maximum atomic E-state index is 13.2. The Morgan fingerprint density at radius 3 is 2.45 bits per heavy atom. The molecule has 0 radical (unpaired) electrons. The Morgan fingerprint density at radius 1 is 1.21 bits per heavy atom. The molecular weight excluding hydrogens is 377 g/mol. The van der Waals surface area contributed by atoms with Crippen LogP contribution in [0.4, 0.5) is 9.18 Å². The van der Waals surface area contributed by atoms with Crippen molar-refractivity contribution in [1.29, 1.82) is 5.26 Å². The Balaban J connectivity index is 1.67. The first-order valence-electron chi connectivity index (χ1n) is 9.11. The molecule has 1 fully saturated rings. The molecule has 2 aromatic carbocycles. The zero-order valence-corrected chi connectivity index (χ0v) is 15.8. The van der Waals surface area contributed by atoms with Crippen LogP contribution in [0.5, 0.6) is 5.75 Å². The van der Waals surface area contributed by atoms with E-state index in [-0.39, 0.29) is 19.6 Å². The van der Waals surface area contributed by atoms with Gasteiger partial charge in [0.25, 0.3) is 5.91 Å². The van der Waals surface area contributed by atoms with Gasteiger partial charge in [0.15, 0.2) is 0 Å². The zero-order valence-electron chi connectivity index (χ0n) is 15.8. The lowest BCUT2D eigenvalue weighted by molar-refractivity contribution is -0.132. The topological polar surface area (TPSA) is 103 Å². The summed E-state index contributed by atoms with van der Waals surface area (Å²) in [5.41, 5.74) is -0.335. The lowest BCUT2D eigenvalue weighted by Crippen LogP contribution is -2.44. The van der Waals surface area contributed by atoms with Crippen LogP contribution in [0.2, 0.25) is 0 Å². The largest absolute Gasteiger partial charge is 0.491 e. The quantitative estimate of drug-likeness (QED) is 0.698. The Labute approximate surface area is 167 Å². The number of nitrogens with zero attached hydrogens (tertiary/aromatic N) is 2. The lowest BCUT2D eigenvalue weighted by Gasteiger charge is -2.26. The van der Waals surface area contributed by atoms with Gasteiger partial charge in [-0.1, -0.05) is 19.1 Å². The molecule has 1 heterocycles. The fourth-order valence-electron chi connectivity index (χ4n) is 3.25. The van der Waals surface area contributed by atoms with Crippen molar-refractivity contribution >= 4 is 11.9 Å². The fraction of sp³-hybridized carbons (Fsp3) is 0.286. The van der Waals surface area contributed by atoms with Crippen molar-refractivity contribution in [2.45, 2.75) is 25.0 Å². The number of hydrogen-bond donors (Lipinski definition) is 2. The second kappa shape index (κ2) is 8.29. The highest BCUT2D eigenvalue weighted by Gasteiger charge is 2.51. The molecule has 0 unspecified atom stereocenters. The Bertz CT molecular complexity index is 940. The van der Waals surface area contributed by atoms with Gasteiger partial charge in [0.2, 0.25) is 0 Å². The number of halogens is 1. The molecule has 8 heteroatoms. The number of carbonyl (C=O) groups excluding carboxylic acids is 2. The van der Waals surface area contributed by atoms with Gasteiger partial charge in [-0.05, 0) is 48.4 Å². The number of carbonyl (C=O) groups is 2. The predicted octanol–water partition coefficient (Wildman–Crippen LogP) is 2.29. The number of aliphatic hydroxyl groups is 1. The van der Waals surface area contributed by atoms with Crippen molar-refractivity contribution in [3.05, 3.63) is 65.5 Å². The van der Waals surface area contributed by atoms with Crippen molar-refractivity contribution in [1.82, 2.24) is 10.2 Å². The summed E-state index contributed by atoms with van der Waals surface area (Å²) in [6.07, 6.45) is -0.835. The minimum absolute atomic E-state index is 0.140. The number of urea groups is 1. The highest BCUT2D eigenvalue weighted by molar-refractivity contribution is 6.07. The van der Waals surface area contributed by atoms with Gasteiger partial charge in [-0.25, -0.2) is 9.18 Å². The number of imide groups is 1. The minimum Gasteiger partial charge on any atom is -0.491 e. The summed E-state index contributed by atoms with van der Waals surface area (Å²) in [6, 6.07) is 13.1. The Kier molecular flexibility index (Phi) is 5.80. The summed E-state index contributed by atoms with van der Waals surface area (Å²) >= 11 is 0. The molecule has 2 aromatic rings. The first-order chi connectivity index (χ1) is 13.9. The van der Waals surface area contributed by atoms with E-state index in [4.69, 9.17) is 10.00 Å². The second-order valence-electron chi connectivity index (χ2n) is 6.71. The molecule has 0 aliphatic carbocycles. The van der Waals surface area contributed by atoms with E-state index in [0.717, 1.165) is 4.90 Å². The van der Waals surface area contributed by atoms with E-state index in [9.17, 15) is 19.1 Å². The smallest absolute Gasteiger partial charge is 0.325 e. The van der Waals surface area contributed by atoms with Crippen LogP contribution < -0.4 is 10.1 Å². The summed E-state index contributed by atoms with van der Waals surface area (Å²) < 4.78 is 18.7. The summed E-state index contributed by atoms with van der Waals surface area (Å²) in [5, 5.41) is 21.7. The van der Waals surface area contributed by atoms with Crippen LogP contribution in [-0.2, 0) is 10.3 Å². The molecule has 1 aliphatic heterocycles. The average molecular weight is 397 g/mol. The molecule has 1 saturated heterocycles. The Hall–Kier alpha value is -3.44. The summed E-state index contributed by atoms with van der Waals surface area (Å²) in [4.78, 5) is 26.4. The monoisotopic (exact) mass is 397 g/mol. The molecule has 3 rings (SSSR count). The molecule has 1 aliphatic rings. The molecule has 0 saturated carbocycles. The van der Waals surface area contributed by atoms with E-state index in [2.05, 4.69) is 5.32 Å². The number of benzene rings is 2. The lowest BCUT2D eigenvalue weighted by atomic mass is 9.87. The summed E-state index contributed by atoms with van der Waals surface area (Å²) in [7, 11) is 0. The van der Waals surface area contributed by atoms with Gasteiger partial charge in [0, 0.05) is 0 Å². The standard InChI is InChI=1S/C21H20FN3O4/c1-2-21(15-5-7-16(22)8-6-15)19(27)25(20(28)24-21)12-17(26)13-29-18-9-3-14(11-23)4-10-18/h3-10,17,26H,2,12-13H2,1H3,(H,24,28)/t17-,21+/m0/s1. The molecule has 150 valence electrons. The van der Waals surface area contributed by atoms with Crippen molar-refractivity contribution in [3.8, 4) is 11.8 Å². The number of nitriles is 1. The van der Waals surface area contributed by atoms with Crippen LogP contribution in [0.25, 0.3) is 0 Å². The minimum atomic E-state index is -1.29. The van der Waals surface area contributed by atoms with Crippen LogP contribution in [0, 0.1) is 17.1 Å². The molecule has 7 nitrogen and oxygen atoms in total. The van der Waals surface area contributed by atoms with Crippen LogP contribution in [0.15, 0.2) is 48.5 Å². The van der Waals surface area contributed by atoms with E-state index in [1.807, 2.05) is 6.07 Å². The first kappa shape index (κ1) is 20.3. The molecular formula is C21H20FN3O4. The number of rotatable bonds is 7. The second-order valence-corrected chi connectivity index (χ2v) is 6.71. The molecule has 29 heavy (non-hydrogen) atoms. The highest BCUT2D eigenvalue weighted by atomic mass is 19.1. The SMILES string of the molecule is CC[C@]1(c2ccc(F)cc2)NC(=O)N(C[C@H](O)COc2ccc(C#N)cc2)C1=O.